The molecule has 122 valence electrons. The number of nitrogens with two attached hydrogens (primary N) is 1. The predicted octanol–water partition coefficient (Wildman–Crippen LogP) is 2.58. The van der Waals surface area contributed by atoms with E-state index in [9.17, 15) is 4.79 Å². The van der Waals surface area contributed by atoms with Crippen LogP contribution < -0.4 is 15.8 Å². The SMILES string of the molecule is Cc1ccc(COc2ccc(CC(C)NC(=O)CN)cc2)cc1. The Bertz CT molecular complexity index is 621. The second-order valence-corrected chi connectivity index (χ2v) is 5.80. The molecule has 0 radical (unpaired) electrons. The monoisotopic (exact) mass is 312 g/mol. The number of nitrogens with one attached hydrogen (secondary N) is 1. The molecule has 2 aromatic rings. The maximum atomic E-state index is 11.3. The van der Waals surface area contributed by atoms with Crippen LogP contribution in [0.1, 0.15) is 23.6 Å². The average molecular weight is 312 g/mol. The van der Waals surface area contributed by atoms with Crippen molar-refractivity contribution in [2.75, 3.05) is 6.54 Å². The molecule has 0 spiro atoms. The predicted molar refractivity (Wildman–Crippen MR) is 92.3 cm³/mol. The fourth-order valence-electron chi connectivity index (χ4n) is 2.31. The van der Waals surface area contributed by atoms with E-state index in [1.807, 2.05) is 31.2 Å². The van der Waals surface area contributed by atoms with Gasteiger partial charge in [0, 0.05) is 6.04 Å². The van der Waals surface area contributed by atoms with E-state index in [1.165, 1.54) is 5.56 Å². The van der Waals surface area contributed by atoms with Crippen molar-refractivity contribution in [3.63, 3.8) is 0 Å². The Morgan fingerprint density at radius 2 is 1.70 bits per heavy atom. The number of carbonyl (C=O) groups is 1. The molecule has 3 N–H and O–H groups in total. The highest BCUT2D eigenvalue weighted by atomic mass is 16.5. The van der Waals surface area contributed by atoms with Gasteiger partial charge in [0.1, 0.15) is 12.4 Å². The standard InChI is InChI=1S/C19H24N2O2/c1-14-3-5-17(6-4-14)13-23-18-9-7-16(8-10-18)11-15(2)21-19(22)12-20/h3-10,15H,11-13,20H2,1-2H3,(H,21,22). The minimum Gasteiger partial charge on any atom is -0.489 e. The Morgan fingerprint density at radius 1 is 1.09 bits per heavy atom. The average Bonchev–Trinajstić information content (AvgIpc) is 2.55. The number of benzene rings is 2. The minimum atomic E-state index is -0.129. The van der Waals surface area contributed by atoms with Crippen LogP contribution in [0.2, 0.25) is 0 Å². The van der Waals surface area contributed by atoms with E-state index in [4.69, 9.17) is 10.5 Å². The first-order chi connectivity index (χ1) is 11.1. The molecule has 0 bridgehead atoms. The minimum absolute atomic E-state index is 0.0239. The molecular weight excluding hydrogens is 288 g/mol. The van der Waals surface area contributed by atoms with Gasteiger partial charge in [-0.2, -0.15) is 0 Å². The van der Waals surface area contributed by atoms with Crippen molar-refractivity contribution in [3.05, 3.63) is 65.2 Å². The Labute approximate surface area is 137 Å². The summed E-state index contributed by atoms with van der Waals surface area (Å²) < 4.78 is 5.79. The number of rotatable bonds is 7. The van der Waals surface area contributed by atoms with Crippen LogP contribution in [0.3, 0.4) is 0 Å². The van der Waals surface area contributed by atoms with Crippen LogP contribution in [-0.4, -0.2) is 18.5 Å². The van der Waals surface area contributed by atoms with Gasteiger partial charge in [0.05, 0.1) is 6.54 Å². The summed E-state index contributed by atoms with van der Waals surface area (Å²) in [5, 5.41) is 2.85. The van der Waals surface area contributed by atoms with Crippen LogP contribution in [0.4, 0.5) is 0 Å². The van der Waals surface area contributed by atoms with Crippen molar-refractivity contribution in [1.29, 1.82) is 0 Å². The molecule has 2 rings (SSSR count). The van der Waals surface area contributed by atoms with Crippen LogP contribution in [0.25, 0.3) is 0 Å². The number of ether oxygens (including phenoxy) is 1. The molecule has 0 aliphatic rings. The van der Waals surface area contributed by atoms with Crippen molar-refractivity contribution in [2.24, 2.45) is 5.73 Å². The fraction of sp³-hybridized carbons (Fsp3) is 0.316. The molecule has 1 amide bonds. The Balaban J connectivity index is 1.84. The van der Waals surface area contributed by atoms with Crippen LogP contribution in [0.5, 0.6) is 5.75 Å². The third-order valence-electron chi connectivity index (χ3n) is 3.58. The topological polar surface area (TPSA) is 64.3 Å². The summed E-state index contributed by atoms with van der Waals surface area (Å²) in [6, 6.07) is 16.3. The molecule has 0 aromatic heterocycles. The zero-order valence-electron chi connectivity index (χ0n) is 13.7. The number of hydrogen-bond acceptors (Lipinski definition) is 3. The molecule has 1 atom stereocenters. The van der Waals surface area contributed by atoms with E-state index in [-0.39, 0.29) is 18.5 Å². The quantitative estimate of drug-likeness (QED) is 0.826. The van der Waals surface area contributed by atoms with Gasteiger partial charge in [0.25, 0.3) is 0 Å². The second kappa shape index (κ2) is 8.34. The summed E-state index contributed by atoms with van der Waals surface area (Å²) in [5.41, 5.74) is 8.84. The first-order valence-electron chi connectivity index (χ1n) is 7.83. The van der Waals surface area contributed by atoms with Gasteiger partial charge in [-0.1, -0.05) is 42.0 Å². The van der Waals surface area contributed by atoms with Gasteiger partial charge in [0.15, 0.2) is 0 Å². The van der Waals surface area contributed by atoms with Crippen LogP contribution in [-0.2, 0) is 17.8 Å². The molecule has 0 fully saturated rings. The molecule has 23 heavy (non-hydrogen) atoms. The highest BCUT2D eigenvalue weighted by molar-refractivity contribution is 5.78. The Kier molecular flexibility index (Phi) is 6.18. The summed E-state index contributed by atoms with van der Waals surface area (Å²) >= 11 is 0. The van der Waals surface area contributed by atoms with Crippen LogP contribution in [0.15, 0.2) is 48.5 Å². The molecule has 4 heteroatoms. The number of amides is 1. The molecule has 4 nitrogen and oxygen atoms in total. The lowest BCUT2D eigenvalue weighted by Crippen LogP contribution is -2.38. The number of aryl methyl sites for hydroxylation is 1. The second-order valence-electron chi connectivity index (χ2n) is 5.80. The van der Waals surface area contributed by atoms with E-state index in [2.05, 4.69) is 36.5 Å². The van der Waals surface area contributed by atoms with Crippen LogP contribution >= 0.6 is 0 Å². The van der Waals surface area contributed by atoms with Crippen molar-refractivity contribution < 1.29 is 9.53 Å². The molecule has 1 unspecified atom stereocenters. The van der Waals surface area contributed by atoms with E-state index >= 15 is 0 Å². The molecular formula is C19H24N2O2. The van der Waals surface area contributed by atoms with Crippen molar-refractivity contribution >= 4 is 5.91 Å². The summed E-state index contributed by atoms with van der Waals surface area (Å²) in [6.07, 6.45) is 0.768. The van der Waals surface area contributed by atoms with Gasteiger partial charge in [-0.3, -0.25) is 4.79 Å². The first kappa shape index (κ1) is 17.0. The lowest BCUT2D eigenvalue weighted by Gasteiger charge is -2.13. The number of hydrogen-bond donors (Lipinski definition) is 2. The highest BCUT2D eigenvalue weighted by Crippen LogP contribution is 2.15. The Morgan fingerprint density at radius 3 is 2.30 bits per heavy atom. The third-order valence-corrected chi connectivity index (χ3v) is 3.58. The maximum Gasteiger partial charge on any atom is 0.233 e. The largest absolute Gasteiger partial charge is 0.489 e. The van der Waals surface area contributed by atoms with E-state index < -0.39 is 0 Å². The molecule has 0 saturated heterocycles. The van der Waals surface area contributed by atoms with E-state index in [0.717, 1.165) is 23.3 Å². The molecule has 0 aliphatic heterocycles. The molecule has 2 aromatic carbocycles. The highest BCUT2D eigenvalue weighted by Gasteiger charge is 2.06. The van der Waals surface area contributed by atoms with Gasteiger partial charge >= 0.3 is 0 Å². The van der Waals surface area contributed by atoms with Gasteiger partial charge in [-0.05, 0) is 43.5 Å². The molecule has 0 aliphatic carbocycles. The van der Waals surface area contributed by atoms with Crippen molar-refractivity contribution in [1.82, 2.24) is 5.32 Å². The normalized spacial score (nSPS) is 11.8. The summed E-state index contributed by atoms with van der Waals surface area (Å²) in [7, 11) is 0. The fourth-order valence-corrected chi connectivity index (χ4v) is 2.31. The zero-order valence-corrected chi connectivity index (χ0v) is 13.7. The smallest absolute Gasteiger partial charge is 0.233 e. The van der Waals surface area contributed by atoms with Crippen molar-refractivity contribution in [3.8, 4) is 5.75 Å². The lowest BCUT2D eigenvalue weighted by atomic mass is 10.1. The lowest BCUT2D eigenvalue weighted by molar-refractivity contribution is -0.120. The van der Waals surface area contributed by atoms with Crippen LogP contribution in [0, 0.1) is 6.92 Å². The first-order valence-corrected chi connectivity index (χ1v) is 7.83. The Hall–Kier alpha value is -2.33. The van der Waals surface area contributed by atoms with Gasteiger partial charge in [-0.15, -0.1) is 0 Å². The van der Waals surface area contributed by atoms with E-state index in [1.54, 1.807) is 0 Å². The zero-order chi connectivity index (χ0) is 16.7. The van der Waals surface area contributed by atoms with Gasteiger partial charge in [0.2, 0.25) is 5.91 Å². The van der Waals surface area contributed by atoms with Crippen molar-refractivity contribution in [2.45, 2.75) is 32.9 Å². The summed E-state index contributed by atoms with van der Waals surface area (Å²) in [5.74, 6) is 0.712. The summed E-state index contributed by atoms with van der Waals surface area (Å²) in [6.45, 7) is 4.62. The third kappa shape index (κ3) is 5.75. The van der Waals surface area contributed by atoms with E-state index in [0.29, 0.717) is 6.61 Å². The number of carbonyl (C=O) groups excluding carboxylic acids is 1. The van der Waals surface area contributed by atoms with Gasteiger partial charge in [-0.25, -0.2) is 0 Å². The molecule has 0 heterocycles. The molecule has 0 saturated carbocycles. The summed E-state index contributed by atoms with van der Waals surface area (Å²) in [4.78, 5) is 11.3. The maximum absolute atomic E-state index is 11.3. The van der Waals surface area contributed by atoms with Gasteiger partial charge < -0.3 is 15.8 Å².